The van der Waals surface area contributed by atoms with Crippen molar-refractivity contribution >= 4 is 22.4 Å². The van der Waals surface area contributed by atoms with Gasteiger partial charge in [0.2, 0.25) is 5.88 Å². The number of hydrogen-bond donors (Lipinski definition) is 2. The maximum atomic E-state index is 14.1. The third-order valence-corrected chi connectivity index (χ3v) is 6.58. The number of phenolic OH excluding ortho intramolecular Hbond substituents is 1. The van der Waals surface area contributed by atoms with E-state index in [-0.39, 0.29) is 18.1 Å². The summed E-state index contributed by atoms with van der Waals surface area (Å²) in [4.78, 5) is 15.6. The van der Waals surface area contributed by atoms with Crippen LogP contribution in [-0.4, -0.2) is 70.6 Å². The van der Waals surface area contributed by atoms with Gasteiger partial charge in [-0.05, 0) is 56.6 Å². The fraction of sp³-hybridized carbons (Fsp3) is 0.320. The Morgan fingerprint density at radius 1 is 1.14 bits per heavy atom. The van der Waals surface area contributed by atoms with Crippen LogP contribution in [0.15, 0.2) is 36.8 Å². The predicted molar refractivity (Wildman–Crippen MR) is 135 cm³/mol. The van der Waals surface area contributed by atoms with Gasteiger partial charge in [0.05, 0.1) is 5.39 Å². The quantitative estimate of drug-likeness (QED) is 0.344. The van der Waals surface area contributed by atoms with Gasteiger partial charge < -0.3 is 15.6 Å². The number of ether oxygens (including phenoxy) is 1. The van der Waals surface area contributed by atoms with Crippen LogP contribution in [0.25, 0.3) is 27.8 Å². The number of likely N-dealkylation sites (tertiary alicyclic amines) is 1. The van der Waals surface area contributed by atoms with Crippen molar-refractivity contribution in [2.75, 3.05) is 32.0 Å². The summed E-state index contributed by atoms with van der Waals surface area (Å²) in [7, 11) is 0. The number of fused-ring (bicyclic) bond motifs is 2. The van der Waals surface area contributed by atoms with Crippen molar-refractivity contribution in [2.24, 2.45) is 0 Å². The first-order valence-corrected chi connectivity index (χ1v) is 12.1. The number of aromatic hydroxyl groups is 1. The molecule has 0 radical (unpaired) electrons. The molecule has 11 nitrogen and oxygen atoms in total. The van der Waals surface area contributed by atoms with Crippen LogP contribution in [0.4, 0.5) is 10.2 Å². The molecule has 5 heterocycles. The molecule has 12 heteroatoms. The normalized spacial score (nSPS) is 14.2. The zero-order chi connectivity index (χ0) is 25.5. The van der Waals surface area contributed by atoms with E-state index in [0.29, 0.717) is 40.6 Å². The molecular formula is C25H26FN9O2. The first-order chi connectivity index (χ1) is 18.0. The summed E-state index contributed by atoms with van der Waals surface area (Å²) in [6, 6.07) is 5.68. The molecule has 1 saturated heterocycles. The highest BCUT2D eigenvalue weighted by Gasteiger charge is 2.20. The van der Waals surface area contributed by atoms with E-state index in [2.05, 4.69) is 25.1 Å². The molecule has 37 heavy (non-hydrogen) atoms. The number of benzene rings is 1. The molecule has 0 bridgehead atoms. The van der Waals surface area contributed by atoms with E-state index in [0.717, 1.165) is 36.8 Å². The van der Waals surface area contributed by atoms with Gasteiger partial charge in [-0.25, -0.2) is 23.6 Å². The van der Waals surface area contributed by atoms with Gasteiger partial charge in [-0.15, -0.1) is 0 Å². The number of nitrogens with two attached hydrogens (primary N) is 1. The van der Waals surface area contributed by atoms with Gasteiger partial charge in [-0.3, -0.25) is 4.90 Å². The van der Waals surface area contributed by atoms with Crippen LogP contribution in [0.1, 0.15) is 24.2 Å². The molecule has 3 N–H and O–H groups in total. The third-order valence-electron chi connectivity index (χ3n) is 6.58. The lowest BCUT2D eigenvalue weighted by atomic mass is 10.1. The van der Waals surface area contributed by atoms with Crippen LogP contribution >= 0.6 is 0 Å². The average molecular weight is 504 g/mol. The van der Waals surface area contributed by atoms with E-state index >= 15 is 0 Å². The Bertz CT molecular complexity index is 1590. The number of aromatic nitrogens is 7. The molecule has 0 aliphatic carbocycles. The van der Waals surface area contributed by atoms with E-state index < -0.39 is 5.82 Å². The lowest BCUT2D eigenvalue weighted by molar-refractivity contribution is 0.232. The number of hydrogen-bond acceptors (Lipinski definition) is 9. The zero-order valence-electron chi connectivity index (χ0n) is 20.3. The van der Waals surface area contributed by atoms with E-state index in [4.69, 9.17) is 15.5 Å². The van der Waals surface area contributed by atoms with Crippen molar-refractivity contribution in [1.29, 1.82) is 0 Å². The molecule has 5 aromatic rings. The van der Waals surface area contributed by atoms with Gasteiger partial charge in [0.15, 0.2) is 11.5 Å². The molecule has 4 aromatic heterocycles. The minimum Gasteiger partial charge on any atom is -0.508 e. The molecule has 190 valence electrons. The summed E-state index contributed by atoms with van der Waals surface area (Å²) < 4.78 is 23.6. The fourth-order valence-corrected chi connectivity index (χ4v) is 4.82. The van der Waals surface area contributed by atoms with Crippen LogP contribution in [0.5, 0.6) is 11.6 Å². The summed E-state index contributed by atoms with van der Waals surface area (Å²) >= 11 is 0. The van der Waals surface area contributed by atoms with Gasteiger partial charge in [0.25, 0.3) is 0 Å². The molecule has 0 amide bonds. The molecule has 0 saturated carbocycles. The monoisotopic (exact) mass is 503 g/mol. The summed E-state index contributed by atoms with van der Waals surface area (Å²) in [6.45, 7) is 5.71. The summed E-state index contributed by atoms with van der Waals surface area (Å²) in [6.07, 6.45) is 5.66. The number of anilines is 1. The SMILES string of the molecule is Cc1ccn2nc(Cn3nc(-c4cc(O)cc(F)c4)c4c(N)ncnc43)nc(OCCN3CCCC3)c12. The van der Waals surface area contributed by atoms with Crippen LogP contribution in [0.3, 0.4) is 0 Å². The Balaban J connectivity index is 1.38. The van der Waals surface area contributed by atoms with Crippen molar-refractivity contribution < 1.29 is 14.2 Å². The topological polar surface area (TPSA) is 133 Å². The highest BCUT2D eigenvalue weighted by molar-refractivity contribution is 5.98. The largest absolute Gasteiger partial charge is 0.508 e. The Kier molecular flexibility index (Phi) is 5.80. The average Bonchev–Trinajstić information content (AvgIpc) is 3.59. The standard InChI is InChI=1S/C25H26FN9O2/c1-15-4-7-34-22(15)25(37-9-8-33-5-2-3-6-33)30-19(31-34)13-35-24-20(23(27)28-14-29-24)21(32-35)16-10-17(26)12-18(36)11-16/h4,7,10-12,14,36H,2-3,5-6,8-9,13H2,1H3,(H2,27,28,29). The maximum Gasteiger partial charge on any atom is 0.242 e. The number of halogens is 1. The lowest BCUT2D eigenvalue weighted by Gasteiger charge is -2.15. The van der Waals surface area contributed by atoms with Gasteiger partial charge >= 0.3 is 0 Å². The molecule has 0 spiro atoms. The van der Waals surface area contributed by atoms with Crippen LogP contribution in [0, 0.1) is 12.7 Å². The number of nitrogens with zero attached hydrogens (tertiary/aromatic N) is 8. The zero-order valence-corrected chi connectivity index (χ0v) is 20.3. The summed E-state index contributed by atoms with van der Waals surface area (Å²) in [5.74, 6) is 0.335. The minimum atomic E-state index is -0.597. The van der Waals surface area contributed by atoms with Crippen LogP contribution in [0.2, 0.25) is 0 Å². The Labute approximate surface area is 211 Å². The van der Waals surface area contributed by atoms with Crippen molar-refractivity contribution in [3.8, 4) is 22.9 Å². The van der Waals surface area contributed by atoms with Gasteiger partial charge in [-0.1, -0.05) is 0 Å². The fourth-order valence-electron chi connectivity index (χ4n) is 4.82. The molecule has 0 atom stereocenters. The Hall–Kier alpha value is -4.32. The Morgan fingerprint density at radius 3 is 2.78 bits per heavy atom. The van der Waals surface area contributed by atoms with E-state index in [1.54, 1.807) is 9.20 Å². The van der Waals surface area contributed by atoms with E-state index in [1.807, 2.05) is 19.2 Å². The second-order valence-corrected chi connectivity index (χ2v) is 9.18. The first-order valence-electron chi connectivity index (χ1n) is 12.1. The second kappa shape index (κ2) is 9.28. The van der Waals surface area contributed by atoms with Gasteiger partial charge in [0.1, 0.15) is 48.1 Å². The maximum absolute atomic E-state index is 14.1. The van der Waals surface area contributed by atoms with Crippen LogP contribution < -0.4 is 10.5 Å². The highest BCUT2D eigenvalue weighted by atomic mass is 19.1. The highest BCUT2D eigenvalue weighted by Crippen LogP contribution is 2.32. The number of aryl methyl sites for hydroxylation is 1. The number of rotatable bonds is 7. The van der Waals surface area contributed by atoms with Crippen molar-refractivity contribution in [3.05, 3.63) is 54.0 Å². The molecule has 1 aromatic carbocycles. The smallest absolute Gasteiger partial charge is 0.242 e. The number of nitrogen functional groups attached to an aromatic ring is 1. The minimum absolute atomic E-state index is 0.157. The van der Waals surface area contributed by atoms with Gasteiger partial charge in [0, 0.05) is 24.4 Å². The number of phenols is 1. The summed E-state index contributed by atoms with van der Waals surface area (Å²) in [5, 5.41) is 19.7. The van der Waals surface area contributed by atoms with Crippen molar-refractivity contribution in [1.82, 2.24) is 39.2 Å². The molecular weight excluding hydrogens is 477 g/mol. The molecule has 1 aliphatic heterocycles. The van der Waals surface area contributed by atoms with Crippen molar-refractivity contribution in [2.45, 2.75) is 26.3 Å². The summed E-state index contributed by atoms with van der Waals surface area (Å²) in [5.41, 5.74) is 9.14. The molecule has 1 fully saturated rings. The van der Waals surface area contributed by atoms with E-state index in [1.165, 1.54) is 31.3 Å². The first kappa shape index (κ1) is 23.1. The Morgan fingerprint density at radius 2 is 1.97 bits per heavy atom. The predicted octanol–water partition coefficient (Wildman–Crippen LogP) is 2.79. The molecule has 1 aliphatic rings. The van der Waals surface area contributed by atoms with Crippen LogP contribution in [-0.2, 0) is 6.54 Å². The third kappa shape index (κ3) is 4.40. The van der Waals surface area contributed by atoms with E-state index in [9.17, 15) is 9.50 Å². The van der Waals surface area contributed by atoms with Gasteiger partial charge in [-0.2, -0.15) is 15.2 Å². The lowest BCUT2D eigenvalue weighted by Crippen LogP contribution is -2.25. The second-order valence-electron chi connectivity index (χ2n) is 9.18. The molecule has 0 unspecified atom stereocenters. The van der Waals surface area contributed by atoms with Crippen molar-refractivity contribution in [3.63, 3.8) is 0 Å². The molecule has 6 rings (SSSR count).